The molecule has 2 aromatic rings. The Labute approximate surface area is 106 Å². The number of fused-ring (bicyclic) bond motifs is 1. The normalized spacial score (nSPS) is 17.8. The van der Waals surface area contributed by atoms with Gasteiger partial charge in [-0.05, 0) is 35.9 Å². The van der Waals surface area contributed by atoms with E-state index < -0.39 is 0 Å². The van der Waals surface area contributed by atoms with Crippen molar-refractivity contribution >= 4 is 17.0 Å². The standard InChI is InChI=1S/C15H16N2O/c1-17-9-6-12-4-5-13(10-14(12)17)15(16-11-18)7-2-3-8-15/h4-6,9-10H,2-3,7-8H2,1H3. The van der Waals surface area contributed by atoms with E-state index in [1.807, 2.05) is 7.05 Å². The van der Waals surface area contributed by atoms with Crippen LogP contribution < -0.4 is 0 Å². The van der Waals surface area contributed by atoms with Crippen LogP contribution in [0.1, 0.15) is 31.2 Å². The van der Waals surface area contributed by atoms with Crippen molar-refractivity contribution in [2.75, 3.05) is 0 Å². The van der Waals surface area contributed by atoms with E-state index in [0.717, 1.165) is 31.2 Å². The van der Waals surface area contributed by atoms with Gasteiger partial charge in [0.2, 0.25) is 6.08 Å². The Morgan fingerprint density at radius 3 is 2.78 bits per heavy atom. The molecule has 1 aliphatic carbocycles. The summed E-state index contributed by atoms with van der Waals surface area (Å²) in [5.74, 6) is 0. The van der Waals surface area contributed by atoms with Gasteiger partial charge in [-0.25, -0.2) is 4.79 Å². The number of aliphatic imine (C=N–C) groups is 1. The molecule has 1 fully saturated rings. The third-order valence-corrected chi connectivity index (χ3v) is 4.12. The molecule has 0 aliphatic heterocycles. The fraction of sp³-hybridized carbons (Fsp3) is 0.400. The molecule has 0 spiro atoms. The second kappa shape index (κ2) is 4.11. The Hall–Kier alpha value is -1.86. The van der Waals surface area contributed by atoms with E-state index in [-0.39, 0.29) is 5.54 Å². The van der Waals surface area contributed by atoms with Gasteiger partial charge in [0, 0.05) is 18.8 Å². The van der Waals surface area contributed by atoms with Crippen molar-refractivity contribution in [2.45, 2.75) is 31.2 Å². The maximum Gasteiger partial charge on any atom is 0.235 e. The van der Waals surface area contributed by atoms with E-state index in [4.69, 9.17) is 0 Å². The van der Waals surface area contributed by atoms with Gasteiger partial charge in [0.15, 0.2) is 0 Å². The number of isocyanates is 1. The lowest BCUT2D eigenvalue weighted by Crippen LogP contribution is -2.18. The summed E-state index contributed by atoms with van der Waals surface area (Å²) in [4.78, 5) is 14.9. The number of carbonyl (C=O) groups excluding carboxylic acids is 1. The highest BCUT2D eigenvalue weighted by molar-refractivity contribution is 5.81. The molecule has 1 saturated carbocycles. The van der Waals surface area contributed by atoms with Crippen LogP contribution in [-0.4, -0.2) is 10.6 Å². The summed E-state index contributed by atoms with van der Waals surface area (Å²) >= 11 is 0. The van der Waals surface area contributed by atoms with Crippen molar-refractivity contribution in [1.29, 1.82) is 0 Å². The van der Waals surface area contributed by atoms with Gasteiger partial charge in [-0.15, -0.1) is 0 Å². The summed E-state index contributed by atoms with van der Waals surface area (Å²) in [6.45, 7) is 0. The number of nitrogens with zero attached hydrogens (tertiary/aromatic N) is 2. The van der Waals surface area contributed by atoms with Gasteiger partial charge in [-0.2, -0.15) is 4.99 Å². The first-order valence-corrected chi connectivity index (χ1v) is 6.40. The van der Waals surface area contributed by atoms with Crippen LogP contribution in [0.25, 0.3) is 10.9 Å². The van der Waals surface area contributed by atoms with E-state index in [9.17, 15) is 4.79 Å². The zero-order chi connectivity index (χ0) is 12.6. The Kier molecular flexibility index (Phi) is 2.57. The highest BCUT2D eigenvalue weighted by Crippen LogP contribution is 2.42. The third-order valence-electron chi connectivity index (χ3n) is 4.12. The first-order valence-electron chi connectivity index (χ1n) is 6.40. The predicted molar refractivity (Wildman–Crippen MR) is 71.2 cm³/mol. The monoisotopic (exact) mass is 240 g/mol. The maximum atomic E-state index is 10.7. The van der Waals surface area contributed by atoms with Gasteiger partial charge >= 0.3 is 0 Å². The molecule has 0 N–H and O–H groups in total. The zero-order valence-corrected chi connectivity index (χ0v) is 10.5. The topological polar surface area (TPSA) is 34.4 Å². The Bertz CT molecular complexity index is 629. The fourth-order valence-electron chi connectivity index (χ4n) is 3.06. The number of benzene rings is 1. The lowest BCUT2D eigenvalue weighted by atomic mass is 9.88. The smallest absolute Gasteiger partial charge is 0.235 e. The zero-order valence-electron chi connectivity index (χ0n) is 10.5. The summed E-state index contributed by atoms with van der Waals surface area (Å²) in [6.07, 6.45) is 8.01. The molecule has 3 heteroatoms. The minimum atomic E-state index is -0.319. The molecule has 3 rings (SSSR count). The highest BCUT2D eigenvalue weighted by atomic mass is 16.1. The molecule has 92 valence electrons. The minimum absolute atomic E-state index is 0.319. The largest absolute Gasteiger partial charge is 0.351 e. The van der Waals surface area contributed by atoms with Crippen LogP contribution in [0.4, 0.5) is 0 Å². The second-order valence-corrected chi connectivity index (χ2v) is 5.14. The quantitative estimate of drug-likeness (QED) is 0.586. The average molecular weight is 240 g/mol. The van der Waals surface area contributed by atoms with E-state index in [1.54, 1.807) is 6.08 Å². The van der Waals surface area contributed by atoms with Gasteiger partial charge in [-0.1, -0.05) is 25.0 Å². The molecule has 0 bridgehead atoms. The first-order chi connectivity index (χ1) is 8.75. The Morgan fingerprint density at radius 1 is 1.28 bits per heavy atom. The van der Waals surface area contributed by atoms with E-state index in [1.165, 1.54) is 10.9 Å². The number of hydrogen-bond acceptors (Lipinski definition) is 2. The average Bonchev–Trinajstić information content (AvgIpc) is 2.98. The molecule has 0 unspecified atom stereocenters. The fourth-order valence-corrected chi connectivity index (χ4v) is 3.06. The summed E-state index contributed by atoms with van der Waals surface area (Å²) in [7, 11) is 2.04. The summed E-state index contributed by atoms with van der Waals surface area (Å²) < 4.78 is 2.10. The third kappa shape index (κ3) is 1.59. The van der Waals surface area contributed by atoms with Crippen LogP contribution in [-0.2, 0) is 17.4 Å². The number of aryl methyl sites for hydroxylation is 1. The SMILES string of the molecule is Cn1ccc2ccc(C3(N=C=O)CCCC3)cc21. The summed E-state index contributed by atoms with van der Waals surface area (Å²) in [5.41, 5.74) is 2.03. The molecule has 1 aromatic carbocycles. The molecular weight excluding hydrogens is 224 g/mol. The van der Waals surface area contributed by atoms with Gasteiger partial charge in [0.05, 0.1) is 5.54 Å². The van der Waals surface area contributed by atoms with Crippen LogP contribution in [0.3, 0.4) is 0 Å². The first kappa shape index (κ1) is 11.2. The van der Waals surface area contributed by atoms with Crippen LogP contribution in [0.2, 0.25) is 0 Å². The van der Waals surface area contributed by atoms with Crippen molar-refractivity contribution in [2.24, 2.45) is 12.0 Å². The maximum absolute atomic E-state index is 10.7. The highest BCUT2D eigenvalue weighted by Gasteiger charge is 2.35. The van der Waals surface area contributed by atoms with Gasteiger partial charge in [0.1, 0.15) is 0 Å². The van der Waals surface area contributed by atoms with Crippen LogP contribution >= 0.6 is 0 Å². The molecule has 0 saturated heterocycles. The van der Waals surface area contributed by atoms with Crippen molar-refractivity contribution in [3.05, 3.63) is 36.0 Å². The van der Waals surface area contributed by atoms with Gasteiger partial charge in [0.25, 0.3) is 0 Å². The molecule has 3 nitrogen and oxygen atoms in total. The van der Waals surface area contributed by atoms with E-state index in [2.05, 4.69) is 40.0 Å². The van der Waals surface area contributed by atoms with Crippen molar-refractivity contribution in [3.63, 3.8) is 0 Å². The van der Waals surface area contributed by atoms with Crippen molar-refractivity contribution in [1.82, 2.24) is 4.57 Å². The minimum Gasteiger partial charge on any atom is -0.351 e. The molecule has 1 heterocycles. The Balaban J connectivity index is 2.17. The molecule has 0 atom stereocenters. The number of hydrogen-bond donors (Lipinski definition) is 0. The van der Waals surface area contributed by atoms with E-state index >= 15 is 0 Å². The Morgan fingerprint density at radius 2 is 2.06 bits per heavy atom. The van der Waals surface area contributed by atoms with Crippen molar-refractivity contribution < 1.29 is 4.79 Å². The van der Waals surface area contributed by atoms with Crippen LogP contribution in [0, 0.1) is 0 Å². The predicted octanol–water partition coefficient (Wildman–Crippen LogP) is 3.28. The molecule has 0 radical (unpaired) electrons. The summed E-state index contributed by atoms with van der Waals surface area (Å²) in [5, 5.41) is 1.23. The van der Waals surface area contributed by atoms with Crippen molar-refractivity contribution in [3.8, 4) is 0 Å². The molecule has 1 aliphatic rings. The molecule has 0 amide bonds. The lowest BCUT2D eigenvalue weighted by molar-refractivity contribution is 0.456. The van der Waals surface area contributed by atoms with Gasteiger partial charge in [-0.3, -0.25) is 0 Å². The lowest BCUT2D eigenvalue weighted by Gasteiger charge is -2.23. The van der Waals surface area contributed by atoms with Gasteiger partial charge < -0.3 is 4.57 Å². The van der Waals surface area contributed by atoms with E-state index in [0.29, 0.717) is 0 Å². The van der Waals surface area contributed by atoms with Crippen LogP contribution in [0.5, 0.6) is 0 Å². The number of aromatic nitrogens is 1. The molecular formula is C15H16N2O. The second-order valence-electron chi connectivity index (χ2n) is 5.14. The number of rotatable bonds is 2. The van der Waals surface area contributed by atoms with Crippen LogP contribution in [0.15, 0.2) is 35.5 Å². The molecule has 1 aromatic heterocycles. The molecule has 18 heavy (non-hydrogen) atoms. The summed E-state index contributed by atoms with van der Waals surface area (Å²) in [6, 6.07) is 8.49.